The molecule has 0 N–H and O–H groups in total. The molecule has 58 valence electrons. The molecule has 0 aromatic heterocycles. The maximum Gasteiger partial charge on any atom is 0.158 e. The summed E-state index contributed by atoms with van der Waals surface area (Å²) in [6.45, 7) is 2.25. The van der Waals surface area contributed by atoms with Gasteiger partial charge in [-0.1, -0.05) is 30.4 Å². The average Bonchev–Trinajstić information content (AvgIpc) is 1.87. The Labute approximate surface area is 82.8 Å². The van der Waals surface area contributed by atoms with Crippen molar-refractivity contribution in [3.63, 3.8) is 0 Å². The van der Waals surface area contributed by atoms with Crippen LogP contribution >= 0.6 is 58.8 Å². The molecule has 0 unspecified atom stereocenters. The van der Waals surface area contributed by atoms with E-state index in [0.29, 0.717) is 2.74 Å². The van der Waals surface area contributed by atoms with Gasteiger partial charge in [0.2, 0.25) is 0 Å². The molecule has 2 bridgehead atoms. The van der Waals surface area contributed by atoms with E-state index in [9.17, 15) is 0 Å². The highest BCUT2D eigenvalue weighted by Gasteiger charge is 2.50. The Bertz CT molecular complexity index is 118. The summed E-state index contributed by atoms with van der Waals surface area (Å²) >= 11 is 10.6. The van der Waals surface area contributed by atoms with E-state index < -0.39 is 0 Å². The molecule has 0 nitrogen and oxygen atoms in total. The second-order valence-corrected chi connectivity index (χ2v) is 11.1. The predicted molar refractivity (Wildman–Crippen MR) is 59.9 cm³/mol. The Balaban J connectivity index is 1.92. The van der Waals surface area contributed by atoms with Crippen LogP contribution < -0.4 is 0 Å². The van der Waals surface area contributed by atoms with Gasteiger partial charge >= 0.3 is 0 Å². The SMILES string of the molecule is CCSC12SCSC(S1)S2. The van der Waals surface area contributed by atoms with Crippen molar-refractivity contribution in [3.05, 3.63) is 0 Å². The van der Waals surface area contributed by atoms with Gasteiger partial charge in [0.1, 0.15) is 3.91 Å². The molecule has 0 atom stereocenters. The molecule has 3 aliphatic heterocycles. The van der Waals surface area contributed by atoms with Gasteiger partial charge in [-0.15, -0.1) is 35.3 Å². The molecular formula is C5H8S5. The van der Waals surface area contributed by atoms with E-state index in [1.54, 1.807) is 0 Å². The summed E-state index contributed by atoms with van der Waals surface area (Å²) in [7, 11) is 0. The number of hydrogen-bond acceptors (Lipinski definition) is 5. The minimum absolute atomic E-state index is 0.519. The largest absolute Gasteiger partial charge is 0.158 e. The lowest BCUT2D eigenvalue weighted by atomic mass is 11.0. The fourth-order valence-electron chi connectivity index (χ4n) is 0.829. The summed E-state index contributed by atoms with van der Waals surface area (Å²) in [5, 5.41) is 1.30. The van der Waals surface area contributed by atoms with E-state index in [2.05, 4.69) is 65.7 Å². The van der Waals surface area contributed by atoms with Crippen molar-refractivity contribution in [2.24, 2.45) is 0 Å². The van der Waals surface area contributed by atoms with Crippen LogP contribution in [0.4, 0.5) is 0 Å². The zero-order valence-electron chi connectivity index (χ0n) is 5.53. The minimum Gasteiger partial charge on any atom is -0.125 e. The summed E-state index contributed by atoms with van der Waals surface area (Å²) in [6, 6.07) is 0. The molecule has 0 spiro atoms. The molecule has 10 heavy (non-hydrogen) atoms. The molecule has 0 radical (unpaired) electrons. The molecule has 0 saturated carbocycles. The van der Waals surface area contributed by atoms with Crippen LogP contribution in [0.1, 0.15) is 6.92 Å². The van der Waals surface area contributed by atoms with Crippen LogP contribution in [0.3, 0.4) is 0 Å². The Morgan fingerprint density at radius 1 is 1.60 bits per heavy atom. The van der Waals surface area contributed by atoms with E-state index in [1.165, 1.54) is 10.8 Å². The van der Waals surface area contributed by atoms with E-state index in [4.69, 9.17) is 0 Å². The van der Waals surface area contributed by atoms with Crippen LogP contribution in [0, 0.1) is 0 Å². The smallest absolute Gasteiger partial charge is 0.125 e. The zero-order valence-corrected chi connectivity index (χ0v) is 9.62. The number of thioether (sulfide) groups is 5. The van der Waals surface area contributed by atoms with Crippen LogP contribution in [0.15, 0.2) is 0 Å². The van der Waals surface area contributed by atoms with Gasteiger partial charge in [0.25, 0.3) is 0 Å². The van der Waals surface area contributed by atoms with E-state index in [0.717, 1.165) is 3.91 Å². The summed E-state index contributed by atoms with van der Waals surface area (Å²) in [5.41, 5.74) is 0. The lowest BCUT2D eigenvalue weighted by Gasteiger charge is -2.48. The normalized spacial score (nSPS) is 44.7. The molecule has 0 aromatic carbocycles. The van der Waals surface area contributed by atoms with Crippen LogP contribution in [0.2, 0.25) is 0 Å². The highest BCUT2D eigenvalue weighted by Crippen LogP contribution is 2.75. The average molecular weight is 228 g/mol. The van der Waals surface area contributed by atoms with Crippen LogP contribution in [0.25, 0.3) is 0 Å². The van der Waals surface area contributed by atoms with Gasteiger partial charge in [0.05, 0.1) is 0 Å². The number of hydrogen-bond donors (Lipinski definition) is 0. The molecule has 3 heterocycles. The van der Waals surface area contributed by atoms with Crippen molar-refractivity contribution in [2.75, 3.05) is 10.8 Å². The van der Waals surface area contributed by atoms with Crippen LogP contribution in [-0.2, 0) is 0 Å². The molecule has 0 aliphatic carbocycles. The zero-order chi connectivity index (χ0) is 7.03. The molecule has 3 aliphatic rings. The van der Waals surface area contributed by atoms with Crippen molar-refractivity contribution < 1.29 is 0 Å². The van der Waals surface area contributed by atoms with Crippen molar-refractivity contribution in [1.29, 1.82) is 0 Å². The number of fused-ring (bicyclic) bond motifs is 2. The highest BCUT2D eigenvalue weighted by atomic mass is 32.4. The first-order valence-corrected chi connectivity index (χ1v) is 7.88. The van der Waals surface area contributed by atoms with Crippen molar-refractivity contribution >= 4 is 58.8 Å². The predicted octanol–water partition coefficient (Wildman–Crippen LogP) is 3.55. The standard InChI is InChI=1S/C5H8S5/c1-2-7-5-8-3-6-4(9-5)10-5/h4H,2-3H2,1H3. The first kappa shape index (κ1) is 8.35. The molecule has 0 amide bonds. The first-order chi connectivity index (χ1) is 4.85. The van der Waals surface area contributed by atoms with E-state index in [-0.39, 0.29) is 0 Å². The Kier molecular flexibility index (Phi) is 2.71. The lowest BCUT2D eigenvalue weighted by molar-refractivity contribution is 1.51. The third kappa shape index (κ3) is 1.44. The lowest BCUT2D eigenvalue weighted by Crippen LogP contribution is -2.30. The monoisotopic (exact) mass is 228 g/mol. The topological polar surface area (TPSA) is 0 Å². The summed E-state index contributed by atoms with van der Waals surface area (Å²) in [4.78, 5) is 0. The van der Waals surface area contributed by atoms with E-state index >= 15 is 0 Å². The molecule has 3 rings (SSSR count). The molecule has 3 saturated heterocycles. The quantitative estimate of drug-likeness (QED) is 0.707. The van der Waals surface area contributed by atoms with Crippen LogP contribution in [-0.4, -0.2) is 17.5 Å². The second kappa shape index (κ2) is 3.24. The molecule has 3 fully saturated rings. The minimum atomic E-state index is 0.519. The van der Waals surface area contributed by atoms with Gasteiger partial charge in [-0.25, -0.2) is 0 Å². The third-order valence-electron chi connectivity index (χ3n) is 1.24. The molecule has 5 heteroatoms. The van der Waals surface area contributed by atoms with Gasteiger partial charge in [-0.2, -0.15) is 0 Å². The van der Waals surface area contributed by atoms with E-state index in [1.807, 2.05) is 0 Å². The summed E-state index contributed by atoms with van der Waals surface area (Å²) in [5.74, 6) is 1.25. The van der Waals surface area contributed by atoms with Gasteiger partial charge in [-0.3, -0.25) is 0 Å². The maximum absolute atomic E-state index is 2.25. The van der Waals surface area contributed by atoms with Crippen molar-refractivity contribution in [2.45, 2.75) is 13.6 Å². The Morgan fingerprint density at radius 3 is 2.90 bits per heavy atom. The Hall–Kier alpha value is 1.75. The summed E-state index contributed by atoms with van der Waals surface area (Å²) in [6.07, 6.45) is 0. The third-order valence-corrected chi connectivity index (χ3v) is 10.3. The fourth-order valence-corrected chi connectivity index (χ4v) is 13.3. The van der Waals surface area contributed by atoms with Crippen molar-refractivity contribution in [1.82, 2.24) is 0 Å². The van der Waals surface area contributed by atoms with Gasteiger partial charge in [0, 0.05) is 5.08 Å². The first-order valence-electron chi connectivity index (χ1n) is 3.10. The van der Waals surface area contributed by atoms with Gasteiger partial charge in [0.15, 0.2) is 2.74 Å². The Morgan fingerprint density at radius 2 is 2.40 bits per heavy atom. The summed E-state index contributed by atoms with van der Waals surface area (Å²) < 4.78 is 1.38. The van der Waals surface area contributed by atoms with Gasteiger partial charge < -0.3 is 0 Å². The van der Waals surface area contributed by atoms with Gasteiger partial charge in [-0.05, 0) is 5.75 Å². The molecule has 0 aromatic rings. The number of rotatable bonds is 2. The fraction of sp³-hybridized carbons (Fsp3) is 1.00. The second-order valence-electron chi connectivity index (χ2n) is 1.89. The van der Waals surface area contributed by atoms with Crippen LogP contribution in [0.5, 0.6) is 0 Å². The highest BCUT2D eigenvalue weighted by molar-refractivity contribution is 8.64. The molecular weight excluding hydrogens is 220 g/mol. The maximum atomic E-state index is 2.25. The van der Waals surface area contributed by atoms with Crippen molar-refractivity contribution in [3.8, 4) is 0 Å².